The van der Waals surface area contributed by atoms with Crippen molar-refractivity contribution in [2.45, 2.75) is 0 Å². The van der Waals surface area contributed by atoms with Crippen LogP contribution in [0.2, 0.25) is 0 Å². The molecule has 1 aliphatic heterocycles. The number of aromatic amines is 1. The number of H-pyrrole nitrogens is 1. The maximum absolute atomic E-state index is 12.4. The van der Waals surface area contributed by atoms with Crippen molar-refractivity contribution in [1.29, 1.82) is 0 Å². The minimum absolute atomic E-state index is 0.0884. The van der Waals surface area contributed by atoms with Crippen molar-refractivity contribution in [2.24, 2.45) is 0 Å². The van der Waals surface area contributed by atoms with Crippen LogP contribution in [-0.2, 0) is 4.79 Å². The summed E-state index contributed by atoms with van der Waals surface area (Å²) >= 11 is 0. The zero-order valence-electron chi connectivity index (χ0n) is 18.7. The van der Waals surface area contributed by atoms with Gasteiger partial charge in [-0.15, -0.1) is 0 Å². The van der Waals surface area contributed by atoms with Crippen LogP contribution in [0.1, 0.15) is 10.4 Å². The van der Waals surface area contributed by atoms with Gasteiger partial charge in [0.1, 0.15) is 0 Å². The van der Waals surface area contributed by atoms with Gasteiger partial charge in [0.15, 0.2) is 5.82 Å². The smallest absolute Gasteiger partial charge is 0.253 e. The highest BCUT2D eigenvalue weighted by atomic mass is 16.2. The van der Waals surface area contributed by atoms with Gasteiger partial charge in [0.25, 0.3) is 5.91 Å². The monoisotopic (exact) mass is 457 g/mol. The number of nitrogens with zero attached hydrogens (tertiary/aromatic N) is 6. The number of carbonyl (C=O) groups is 2. The lowest BCUT2D eigenvalue weighted by molar-refractivity contribution is -0.120. The lowest BCUT2D eigenvalue weighted by Crippen LogP contribution is -2.48. The van der Waals surface area contributed by atoms with E-state index in [2.05, 4.69) is 35.8 Å². The molecule has 1 saturated heterocycles. The first kappa shape index (κ1) is 21.3. The van der Waals surface area contributed by atoms with Crippen LogP contribution in [0.5, 0.6) is 0 Å². The van der Waals surface area contributed by atoms with Gasteiger partial charge in [-0.05, 0) is 24.3 Å². The summed E-state index contributed by atoms with van der Waals surface area (Å²) in [7, 11) is 3.41. The second-order valence-corrected chi connectivity index (χ2v) is 8.10. The van der Waals surface area contributed by atoms with Crippen LogP contribution in [0, 0.1) is 0 Å². The second-order valence-electron chi connectivity index (χ2n) is 8.10. The molecule has 1 aliphatic rings. The number of nitrogens with one attached hydrogen (secondary N) is 3. The summed E-state index contributed by atoms with van der Waals surface area (Å²) in [6.45, 7) is 1.25. The van der Waals surface area contributed by atoms with Crippen LogP contribution >= 0.6 is 0 Å². The van der Waals surface area contributed by atoms with E-state index >= 15 is 0 Å². The van der Waals surface area contributed by atoms with Gasteiger partial charge in [-0.2, -0.15) is 20.1 Å². The molecule has 0 atom stereocenters. The number of aromatic nitrogens is 5. The third-order valence-corrected chi connectivity index (χ3v) is 5.44. The van der Waals surface area contributed by atoms with E-state index in [9.17, 15) is 9.59 Å². The normalized spacial score (nSPS) is 13.6. The van der Waals surface area contributed by atoms with Gasteiger partial charge < -0.3 is 20.4 Å². The number of fused-ring (bicyclic) bond motifs is 1. The third kappa shape index (κ3) is 4.22. The molecular weight excluding hydrogens is 434 g/mol. The summed E-state index contributed by atoms with van der Waals surface area (Å²) in [4.78, 5) is 41.6. The Morgan fingerprint density at radius 3 is 2.79 bits per heavy atom. The van der Waals surface area contributed by atoms with Crippen molar-refractivity contribution in [3.63, 3.8) is 0 Å². The Bertz CT molecular complexity index is 1380. The highest BCUT2D eigenvalue weighted by Gasteiger charge is 2.21. The first-order chi connectivity index (χ1) is 16.5. The van der Waals surface area contributed by atoms with Crippen molar-refractivity contribution < 1.29 is 9.59 Å². The average molecular weight is 457 g/mol. The first-order valence-corrected chi connectivity index (χ1v) is 10.8. The van der Waals surface area contributed by atoms with Crippen LogP contribution in [0.4, 0.5) is 17.6 Å². The molecule has 3 N–H and O–H groups in total. The number of rotatable bonds is 5. The molecule has 172 valence electrons. The van der Waals surface area contributed by atoms with Crippen molar-refractivity contribution >= 4 is 40.3 Å². The SMILES string of the molecule is CN(C)C(=O)c1cccc(Nc2nc(-c3cccc4[nH]ncc34)nc(N3CCNC(=O)C3)n2)c1. The topological polar surface area (TPSA) is 132 Å². The van der Waals surface area contributed by atoms with Crippen LogP contribution in [0.15, 0.2) is 48.7 Å². The lowest BCUT2D eigenvalue weighted by Gasteiger charge is -2.27. The molecule has 3 heterocycles. The van der Waals surface area contributed by atoms with Gasteiger partial charge in [0.05, 0.1) is 18.3 Å². The molecule has 0 spiro atoms. The second kappa shape index (κ2) is 8.77. The predicted molar refractivity (Wildman–Crippen MR) is 128 cm³/mol. The molecule has 5 rings (SSSR count). The van der Waals surface area contributed by atoms with E-state index < -0.39 is 0 Å². The maximum Gasteiger partial charge on any atom is 0.253 e. The molecular formula is C23H23N9O2. The van der Waals surface area contributed by atoms with Crippen LogP contribution in [0.25, 0.3) is 22.3 Å². The average Bonchev–Trinajstić information content (AvgIpc) is 3.32. The molecule has 34 heavy (non-hydrogen) atoms. The zero-order valence-corrected chi connectivity index (χ0v) is 18.7. The molecule has 0 bridgehead atoms. The molecule has 11 nitrogen and oxygen atoms in total. The zero-order chi connectivity index (χ0) is 23.7. The Labute approximate surface area is 195 Å². The molecule has 2 aromatic heterocycles. The fraction of sp³-hybridized carbons (Fsp3) is 0.217. The number of carbonyl (C=O) groups excluding carboxylic acids is 2. The summed E-state index contributed by atoms with van der Waals surface area (Å²) in [6.07, 6.45) is 1.73. The molecule has 2 aromatic carbocycles. The van der Waals surface area contributed by atoms with Crippen molar-refractivity contribution in [1.82, 2.24) is 35.4 Å². The van der Waals surface area contributed by atoms with Gasteiger partial charge in [-0.3, -0.25) is 14.7 Å². The van der Waals surface area contributed by atoms with E-state index in [-0.39, 0.29) is 18.4 Å². The molecule has 1 fully saturated rings. The number of anilines is 3. The number of benzene rings is 2. The van der Waals surface area contributed by atoms with Crippen molar-refractivity contribution in [3.05, 3.63) is 54.2 Å². The van der Waals surface area contributed by atoms with E-state index in [1.807, 2.05) is 29.2 Å². The Hall–Kier alpha value is -4.54. The van der Waals surface area contributed by atoms with Gasteiger partial charge in [0, 0.05) is 49.4 Å². The Morgan fingerprint density at radius 1 is 1.12 bits per heavy atom. The summed E-state index contributed by atoms with van der Waals surface area (Å²) in [6, 6.07) is 12.9. The molecule has 0 saturated carbocycles. The summed E-state index contributed by atoms with van der Waals surface area (Å²) in [5, 5.41) is 14.0. The van der Waals surface area contributed by atoms with Gasteiger partial charge in [-0.1, -0.05) is 18.2 Å². The maximum atomic E-state index is 12.4. The van der Waals surface area contributed by atoms with E-state index in [1.54, 1.807) is 38.5 Å². The number of hydrogen-bond acceptors (Lipinski definition) is 8. The molecule has 11 heteroatoms. The van der Waals surface area contributed by atoms with E-state index in [1.165, 1.54) is 4.90 Å². The number of piperazine rings is 1. The fourth-order valence-electron chi connectivity index (χ4n) is 3.77. The molecule has 4 aromatic rings. The third-order valence-electron chi connectivity index (χ3n) is 5.44. The van der Waals surface area contributed by atoms with E-state index in [0.717, 1.165) is 16.5 Å². The largest absolute Gasteiger partial charge is 0.353 e. The van der Waals surface area contributed by atoms with Crippen molar-refractivity contribution in [2.75, 3.05) is 43.9 Å². The summed E-state index contributed by atoms with van der Waals surface area (Å²) in [5.74, 6) is 0.955. The minimum Gasteiger partial charge on any atom is -0.353 e. The van der Waals surface area contributed by atoms with E-state index in [0.29, 0.717) is 42.1 Å². The number of hydrogen-bond donors (Lipinski definition) is 3. The Kier molecular flexibility index (Phi) is 5.50. The van der Waals surface area contributed by atoms with Gasteiger partial charge in [0.2, 0.25) is 17.8 Å². The van der Waals surface area contributed by atoms with Gasteiger partial charge >= 0.3 is 0 Å². The van der Waals surface area contributed by atoms with Crippen LogP contribution in [0.3, 0.4) is 0 Å². The predicted octanol–water partition coefficient (Wildman–Crippen LogP) is 1.80. The number of amides is 2. The highest BCUT2D eigenvalue weighted by molar-refractivity contribution is 5.95. The van der Waals surface area contributed by atoms with Crippen LogP contribution < -0.4 is 15.5 Å². The van der Waals surface area contributed by atoms with Gasteiger partial charge in [-0.25, -0.2) is 0 Å². The molecule has 0 radical (unpaired) electrons. The summed E-state index contributed by atoms with van der Waals surface area (Å²) < 4.78 is 0. The summed E-state index contributed by atoms with van der Waals surface area (Å²) in [5.41, 5.74) is 2.85. The lowest BCUT2D eigenvalue weighted by atomic mass is 10.1. The molecule has 2 amide bonds. The minimum atomic E-state index is -0.105. The fourth-order valence-corrected chi connectivity index (χ4v) is 3.77. The standard InChI is InChI=1S/C23H23N9O2/c1-31(2)21(34)14-5-3-6-15(11-14)26-22-27-20(16-7-4-8-18-17(16)12-25-30-18)28-23(29-22)32-10-9-24-19(33)13-32/h3-8,11-12H,9-10,13H2,1-2H3,(H,24,33)(H,25,30)(H,26,27,28,29). The quantitative estimate of drug-likeness (QED) is 0.413. The highest BCUT2D eigenvalue weighted by Crippen LogP contribution is 2.28. The van der Waals surface area contributed by atoms with Crippen molar-refractivity contribution in [3.8, 4) is 11.4 Å². The van der Waals surface area contributed by atoms with Crippen LogP contribution in [-0.4, -0.2) is 75.6 Å². The van der Waals surface area contributed by atoms with E-state index in [4.69, 9.17) is 0 Å². The Morgan fingerprint density at radius 2 is 1.97 bits per heavy atom. The molecule has 0 aliphatic carbocycles. The Balaban J connectivity index is 1.57. The molecule has 0 unspecified atom stereocenters. The first-order valence-electron chi connectivity index (χ1n) is 10.8.